The number of hydrogen-bond donors (Lipinski definition) is 0. The summed E-state index contributed by atoms with van der Waals surface area (Å²) in [6.07, 6.45) is 6.07. The van der Waals surface area contributed by atoms with Gasteiger partial charge in [-0.25, -0.2) is 0 Å². The standard InChI is InChI=1S/C12H22O3.CH2O/c1-3-4-5-12(10-11(13)14-2)6-8-15-9-7-12;1-2/h3-10H2,1-2H3;1H2. The summed E-state index contributed by atoms with van der Waals surface area (Å²) in [6.45, 7) is 5.77. The van der Waals surface area contributed by atoms with Crippen molar-refractivity contribution in [2.24, 2.45) is 5.41 Å². The van der Waals surface area contributed by atoms with Crippen LogP contribution < -0.4 is 0 Å². The van der Waals surface area contributed by atoms with Gasteiger partial charge >= 0.3 is 5.97 Å². The molecular weight excluding hydrogens is 220 g/mol. The normalized spacial score (nSPS) is 17.8. The lowest BCUT2D eigenvalue weighted by Gasteiger charge is -2.36. The minimum absolute atomic E-state index is 0.0759. The van der Waals surface area contributed by atoms with Crippen LogP contribution in [-0.2, 0) is 19.1 Å². The van der Waals surface area contributed by atoms with Crippen molar-refractivity contribution in [3.8, 4) is 0 Å². The second-order valence-electron chi connectivity index (χ2n) is 4.47. The molecule has 0 aliphatic carbocycles. The molecule has 4 nitrogen and oxygen atoms in total. The van der Waals surface area contributed by atoms with Gasteiger partial charge in [-0.05, 0) is 24.7 Å². The number of esters is 1. The molecule has 0 aromatic rings. The zero-order valence-corrected chi connectivity index (χ0v) is 11.0. The Labute approximate surface area is 104 Å². The average molecular weight is 244 g/mol. The number of ether oxygens (including phenoxy) is 2. The highest BCUT2D eigenvalue weighted by atomic mass is 16.5. The molecule has 4 heteroatoms. The van der Waals surface area contributed by atoms with Gasteiger partial charge in [-0.3, -0.25) is 4.79 Å². The number of carbonyl (C=O) groups excluding carboxylic acids is 2. The Hall–Kier alpha value is -0.900. The average Bonchev–Trinajstić information content (AvgIpc) is 2.40. The SMILES string of the molecule is C=O.CCCCC1(CC(=O)OC)CCOCC1. The quantitative estimate of drug-likeness (QED) is 0.697. The molecule has 0 spiro atoms. The van der Waals surface area contributed by atoms with Crippen molar-refractivity contribution in [2.75, 3.05) is 20.3 Å². The maximum absolute atomic E-state index is 11.4. The van der Waals surface area contributed by atoms with Gasteiger partial charge in [0.15, 0.2) is 0 Å². The van der Waals surface area contributed by atoms with Gasteiger partial charge in [0.2, 0.25) is 0 Å². The first-order chi connectivity index (χ1) is 8.22. The Morgan fingerprint density at radius 2 is 1.94 bits per heavy atom. The van der Waals surface area contributed by atoms with Crippen molar-refractivity contribution >= 4 is 12.8 Å². The van der Waals surface area contributed by atoms with E-state index in [0.717, 1.165) is 32.5 Å². The highest BCUT2D eigenvalue weighted by molar-refractivity contribution is 5.70. The van der Waals surface area contributed by atoms with Gasteiger partial charge < -0.3 is 14.3 Å². The van der Waals surface area contributed by atoms with Gasteiger partial charge in [0.1, 0.15) is 6.79 Å². The first-order valence-corrected chi connectivity index (χ1v) is 6.16. The van der Waals surface area contributed by atoms with Gasteiger partial charge in [0, 0.05) is 13.2 Å². The molecule has 0 amide bonds. The van der Waals surface area contributed by atoms with Crippen LogP contribution in [-0.4, -0.2) is 33.1 Å². The highest BCUT2D eigenvalue weighted by Crippen LogP contribution is 2.39. The van der Waals surface area contributed by atoms with Crippen molar-refractivity contribution in [2.45, 2.75) is 45.4 Å². The number of methoxy groups -OCH3 is 1. The van der Waals surface area contributed by atoms with Crippen molar-refractivity contribution in [1.29, 1.82) is 0 Å². The van der Waals surface area contributed by atoms with E-state index in [9.17, 15) is 4.79 Å². The summed E-state index contributed by atoms with van der Waals surface area (Å²) in [6, 6.07) is 0. The molecule has 1 aliphatic rings. The Balaban J connectivity index is 0.00000121. The molecular formula is C13H24O4. The summed E-state index contributed by atoms with van der Waals surface area (Å²) < 4.78 is 10.1. The maximum atomic E-state index is 11.4. The Morgan fingerprint density at radius 1 is 1.35 bits per heavy atom. The van der Waals surface area contributed by atoms with Crippen LogP contribution in [0.1, 0.15) is 45.4 Å². The summed E-state index contributed by atoms with van der Waals surface area (Å²) in [5.74, 6) is -0.0759. The molecule has 0 aromatic heterocycles. The molecule has 0 unspecified atom stereocenters. The molecule has 1 aliphatic heterocycles. The number of unbranched alkanes of at least 4 members (excludes halogenated alkanes) is 1. The van der Waals surface area contributed by atoms with E-state index in [1.165, 1.54) is 20.0 Å². The minimum atomic E-state index is -0.0759. The van der Waals surface area contributed by atoms with E-state index in [2.05, 4.69) is 6.92 Å². The van der Waals surface area contributed by atoms with Gasteiger partial charge in [-0.2, -0.15) is 0 Å². The summed E-state index contributed by atoms with van der Waals surface area (Å²) in [7, 11) is 1.47. The third-order valence-electron chi connectivity index (χ3n) is 3.36. The maximum Gasteiger partial charge on any atom is 0.306 e. The van der Waals surface area contributed by atoms with Crippen LogP contribution in [0.2, 0.25) is 0 Å². The fourth-order valence-electron chi connectivity index (χ4n) is 2.25. The Morgan fingerprint density at radius 3 is 2.41 bits per heavy atom. The van der Waals surface area contributed by atoms with E-state index in [0.29, 0.717) is 6.42 Å². The third-order valence-corrected chi connectivity index (χ3v) is 3.36. The smallest absolute Gasteiger partial charge is 0.306 e. The fraction of sp³-hybridized carbons (Fsp3) is 0.846. The van der Waals surface area contributed by atoms with E-state index >= 15 is 0 Å². The highest BCUT2D eigenvalue weighted by Gasteiger charge is 2.34. The minimum Gasteiger partial charge on any atom is -0.469 e. The molecule has 1 heterocycles. The first-order valence-electron chi connectivity index (χ1n) is 6.16. The van der Waals surface area contributed by atoms with E-state index in [1.807, 2.05) is 6.79 Å². The fourth-order valence-corrected chi connectivity index (χ4v) is 2.25. The second kappa shape index (κ2) is 9.16. The third kappa shape index (κ3) is 5.82. The topological polar surface area (TPSA) is 52.6 Å². The molecule has 0 saturated carbocycles. The molecule has 100 valence electrons. The van der Waals surface area contributed by atoms with Crippen LogP contribution in [0.5, 0.6) is 0 Å². The number of hydrogen-bond acceptors (Lipinski definition) is 4. The molecule has 1 saturated heterocycles. The monoisotopic (exact) mass is 244 g/mol. The van der Waals surface area contributed by atoms with Crippen LogP contribution in [0.25, 0.3) is 0 Å². The predicted octanol–water partition coefficient (Wildman–Crippen LogP) is 2.35. The van der Waals surface area contributed by atoms with Crippen molar-refractivity contribution in [1.82, 2.24) is 0 Å². The summed E-state index contributed by atoms with van der Waals surface area (Å²) >= 11 is 0. The van der Waals surface area contributed by atoms with Crippen LogP contribution in [0, 0.1) is 5.41 Å². The molecule has 1 fully saturated rings. The molecule has 17 heavy (non-hydrogen) atoms. The van der Waals surface area contributed by atoms with Gasteiger partial charge in [-0.15, -0.1) is 0 Å². The zero-order valence-electron chi connectivity index (χ0n) is 11.0. The van der Waals surface area contributed by atoms with Crippen LogP contribution >= 0.6 is 0 Å². The van der Waals surface area contributed by atoms with E-state index < -0.39 is 0 Å². The number of carbonyl (C=O) groups is 2. The molecule has 0 aromatic carbocycles. The zero-order chi connectivity index (χ0) is 13.1. The lowest BCUT2D eigenvalue weighted by Crippen LogP contribution is -2.32. The Kier molecular flexibility index (Phi) is 8.68. The van der Waals surface area contributed by atoms with Gasteiger partial charge in [-0.1, -0.05) is 19.8 Å². The lowest BCUT2D eigenvalue weighted by atomic mass is 9.73. The summed E-state index contributed by atoms with van der Waals surface area (Å²) in [4.78, 5) is 19.4. The van der Waals surface area contributed by atoms with Gasteiger partial charge in [0.25, 0.3) is 0 Å². The first kappa shape index (κ1) is 16.1. The number of rotatable bonds is 5. The van der Waals surface area contributed by atoms with Crippen LogP contribution in [0.15, 0.2) is 0 Å². The van der Waals surface area contributed by atoms with Crippen molar-refractivity contribution in [3.05, 3.63) is 0 Å². The molecule has 0 radical (unpaired) electrons. The van der Waals surface area contributed by atoms with Crippen LogP contribution in [0.4, 0.5) is 0 Å². The largest absolute Gasteiger partial charge is 0.469 e. The molecule has 0 bridgehead atoms. The van der Waals surface area contributed by atoms with Gasteiger partial charge in [0.05, 0.1) is 13.5 Å². The lowest BCUT2D eigenvalue weighted by molar-refractivity contribution is -0.145. The van der Waals surface area contributed by atoms with Crippen LogP contribution in [0.3, 0.4) is 0 Å². The molecule has 0 N–H and O–H groups in total. The molecule has 1 rings (SSSR count). The predicted molar refractivity (Wildman–Crippen MR) is 65.8 cm³/mol. The van der Waals surface area contributed by atoms with E-state index in [4.69, 9.17) is 14.3 Å². The summed E-state index contributed by atoms with van der Waals surface area (Å²) in [5.41, 5.74) is 0.154. The van der Waals surface area contributed by atoms with E-state index in [1.54, 1.807) is 0 Å². The summed E-state index contributed by atoms with van der Waals surface area (Å²) in [5, 5.41) is 0. The second-order valence-corrected chi connectivity index (χ2v) is 4.47. The Bertz CT molecular complexity index is 209. The molecule has 0 atom stereocenters. The van der Waals surface area contributed by atoms with Crippen molar-refractivity contribution in [3.63, 3.8) is 0 Å². The van der Waals surface area contributed by atoms with E-state index in [-0.39, 0.29) is 11.4 Å². The van der Waals surface area contributed by atoms with Crippen molar-refractivity contribution < 1.29 is 19.1 Å².